The van der Waals surface area contributed by atoms with E-state index in [1.807, 2.05) is 24.3 Å². The highest BCUT2D eigenvalue weighted by molar-refractivity contribution is 7.98. The van der Waals surface area contributed by atoms with Crippen LogP contribution in [0.5, 0.6) is 0 Å². The van der Waals surface area contributed by atoms with Crippen LogP contribution in [0, 0.1) is 11.6 Å². The summed E-state index contributed by atoms with van der Waals surface area (Å²) in [5.41, 5.74) is 5.23. The molecule has 6 rings (SSSR count). The highest BCUT2D eigenvalue weighted by Gasteiger charge is 2.46. The van der Waals surface area contributed by atoms with Crippen LogP contribution in [0.4, 0.5) is 8.78 Å². The first kappa shape index (κ1) is 23.7. The Labute approximate surface area is 215 Å². The molecule has 37 heavy (non-hydrogen) atoms. The topological polar surface area (TPSA) is 93.2 Å². The molecule has 11 heteroatoms. The van der Waals surface area contributed by atoms with E-state index in [-0.39, 0.29) is 65.0 Å². The molecule has 0 bridgehead atoms. The minimum absolute atomic E-state index is 0.119. The number of hydrazine groups is 1. The summed E-state index contributed by atoms with van der Waals surface area (Å²) < 4.78 is 30.2. The minimum atomic E-state index is -1.06. The van der Waals surface area contributed by atoms with Gasteiger partial charge in [0.2, 0.25) is 5.91 Å². The van der Waals surface area contributed by atoms with Crippen LogP contribution in [-0.2, 0) is 26.6 Å². The second-order valence-electron chi connectivity index (χ2n) is 9.40. The summed E-state index contributed by atoms with van der Waals surface area (Å²) in [6, 6.07) is 8.66. The third-order valence-corrected chi connectivity index (χ3v) is 8.37. The van der Waals surface area contributed by atoms with Crippen molar-refractivity contribution in [2.75, 3.05) is 20.1 Å². The molecule has 190 valence electrons. The molecule has 0 aliphatic carbocycles. The Morgan fingerprint density at radius 2 is 1.92 bits per heavy atom. The van der Waals surface area contributed by atoms with E-state index >= 15 is 8.78 Å². The van der Waals surface area contributed by atoms with Gasteiger partial charge < -0.3 is 14.9 Å². The fraction of sp³-hybridized carbons (Fsp3) is 0.269. The maximum atomic E-state index is 15.1. The average molecular weight is 525 g/mol. The second-order valence-corrected chi connectivity index (χ2v) is 10.4. The van der Waals surface area contributed by atoms with E-state index in [1.54, 1.807) is 7.05 Å². The van der Waals surface area contributed by atoms with E-state index in [0.717, 1.165) is 16.5 Å². The van der Waals surface area contributed by atoms with Gasteiger partial charge in [0, 0.05) is 40.8 Å². The molecular weight excluding hydrogens is 502 g/mol. The van der Waals surface area contributed by atoms with Crippen molar-refractivity contribution in [2.45, 2.75) is 29.7 Å². The van der Waals surface area contributed by atoms with Crippen LogP contribution >= 0.6 is 11.8 Å². The van der Waals surface area contributed by atoms with Crippen molar-refractivity contribution in [3.63, 3.8) is 0 Å². The number of allylic oxidation sites excluding steroid dienone is 1. The second kappa shape index (κ2) is 8.70. The fourth-order valence-corrected chi connectivity index (χ4v) is 6.43. The molecule has 2 aromatic rings. The predicted octanol–water partition coefficient (Wildman–Crippen LogP) is 2.69. The molecule has 0 radical (unpaired) electrons. The number of carbonyl (C=O) groups is 3. The number of piperazine rings is 1. The number of carbonyl (C=O) groups excluding carboxylic acids is 3. The van der Waals surface area contributed by atoms with Crippen LogP contribution in [0.2, 0.25) is 0 Å². The number of fused-ring (bicyclic) bond motifs is 4. The number of nitrogens with one attached hydrogen (secondary N) is 1. The van der Waals surface area contributed by atoms with Gasteiger partial charge in [0.1, 0.15) is 24.8 Å². The summed E-state index contributed by atoms with van der Waals surface area (Å²) in [5.74, 6) is -2.99. The Kier molecular flexibility index (Phi) is 5.57. The average Bonchev–Trinajstić information content (AvgIpc) is 3.07. The van der Waals surface area contributed by atoms with Gasteiger partial charge in [-0.15, -0.1) is 11.8 Å². The van der Waals surface area contributed by atoms with Crippen LogP contribution in [0.25, 0.3) is 5.70 Å². The van der Waals surface area contributed by atoms with Gasteiger partial charge in [-0.1, -0.05) is 18.2 Å². The predicted molar refractivity (Wildman–Crippen MR) is 131 cm³/mol. The summed E-state index contributed by atoms with van der Waals surface area (Å²) in [6.07, 6.45) is -0.0539. The number of thioether (sulfide) groups is 1. The molecule has 2 saturated heterocycles. The highest BCUT2D eigenvalue weighted by atomic mass is 32.2. The highest BCUT2D eigenvalue weighted by Crippen LogP contribution is 2.43. The number of hydrogen-bond donors (Lipinski definition) is 2. The monoisotopic (exact) mass is 524 g/mol. The number of aldehydes is 1. The van der Waals surface area contributed by atoms with Crippen LogP contribution in [0.15, 0.2) is 52.3 Å². The van der Waals surface area contributed by atoms with Crippen molar-refractivity contribution in [1.82, 2.24) is 20.2 Å². The van der Waals surface area contributed by atoms with Crippen LogP contribution < -0.4 is 5.43 Å². The van der Waals surface area contributed by atoms with Gasteiger partial charge in [0.25, 0.3) is 5.91 Å². The van der Waals surface area contributed by atoms with Gasteiger partial charge in [-0.3, -0.25) is 19.4 Å². The molecule has 2 aromatic carbocycles. The van der Waals surface area contributed by atoms with Crippen molar-refractivity contribution >= 4 is 35.6 Å². The molecule has 0 unspecified atom stereocenters. The van der Waals surface area contributed by atoms with Crippen molar-refractivity contribution < 1.29 is 28.3 Å². The molecule has 4 aliphatic rings. The molecule has 4 aliphatic heterocycles. The van der Waals surface area contributed by atoms with Gasteiger partial charge in [0.05, 0.1) is 12.2 Å². The number of likely N-dealkylation sites (N-methyl/N-ethyl adjacent to an activating group) is 1. The third kappa shape index (κ3) is 3.64. The Morgan fingerprint density at radius 1 is 1.14 bits per heavy atom. The number of aliphatic hydroxyl groups is 1. The zero-order valence-corrected chi connectivity index (χ0v) is 20.6. The lowest BCUT2D eigenvalue weighted by molar-refractivity contribution is -0.153. The molecular formula is C26H22F2N4O4S. The fourth-order valence-electron chi connectivity index (χ4n) is 5.33. The maximum absolute atomic E-state index is 15.1. The van der Waals surface area contributed by atoms with E-state index in [2.05, 4.69) is 5.43 Å². The number of rotatable bonds is 2. The lowest BCUT2D eigenvalue weighted by Gasteiger charge is -2.49. The van der Waals surface area contributed by atoms with Gasteiger partial charge in [-0.2, -0.15) is 0 Å². The molecule has 0 saturated carbocycles. The Morgan fingerprint density at radius 3 is 2.70 bits per heavy atom. The first-order valence-corrected chi connectivity index (χ1v) is 12.7. The van der Waals surface area contributed by atoms with Crippen molar-refractivity contribution in [2.24, 2.45) is 0 Å². The van der Waals surface area contributed by atoms with Crippen molar-refractivity contribution in [3.05, 3.63) is 81.2 Å². The molecule has 2 fully saturated rings. The molecule has 2 N–H and O–H groups in total. The quantitative estimate of drug-likeness (QED) is 0.584. The Hall–Kier alpha value is -3.70. The van der Waals surface area contributed by atoms with E-state index in [0.29, 0.717) is 18.3 Å². The number of benzene rings is 2. The minimum Gasteiger partial charge on any atom is -0.510 e. The van der Waals surface area contributed by atoms with Gasteiger partial charge in [-0.05, 0) is 29.7 Å². The molecule has 0 spiro atoms. The molecule has 2 amide bonds. The smallest absolute Gasteiger partial charge is 0.277 e. The largest absolute Gasteiger partial charge is 0.510 e. The number of halogens is 2. The SMILES string of the molecule is CN1C[C@H]2NN3C(=C(O)CC(C=O)=C3c3cc(F)c(F)c4c3Cc3ccccc3SC4)C(=O)N2CC1=O. The van der Waals surface area contributed by atoms with Gasteiger partial charge in [-0.25, -0.2) is 14.2 Å². The normalized spacial score (nSPS) is 21.4. The number of hydrogen-bond acceptors (Lipinski definition) is 7. The summed E-state index contributed by atoms with van der Waals surface area (Å²) in [6.45, 7) is -0.00942. The van der Waals surface area contributed by atoms with E-state index in [9.17, 15) is 19.5 Å². The first-order chi connectivity index (χ1) is 17.8. The number of nitrogens with zero attached hydrogens (tertiary/aromatic N) is 3. The summed E-state index contributed by atoms with van der Waals surface area (Å²) in [7, 11) is 1.61. The summed E-state index contributed by atoms with van der Waals surface area (Å²) in [5, 5.41) is 12.1. The van der Waals surface area contributed by atoms with E-state index < -0.39 is 23.7 Å². The van der Waals surface area contributed by atoms with E-state index in [4.69, 9.17) is 0 Å². The van der Waals surface area contributed by atoms with Gasteiger partial charge >= 0.3 is 0 Å². The number of amides is 2. The van der Waals surface area contributed by atoms with Crippen molar-refractivity contribution in [1.29, 1.82) is 0 Å². The molecule has 0 aromatic heterocycles. The molecule has 4 heterocycles. The Balaban J connectivity index is 1.53. The standard InChI is InChI=1S/C26H22F2N4O4S/c1-30-9-21-29-32-24(14(11-33)7-19(34)25(32)26(36)31(21)10-22(30)35)16-8-18(27)23(28)17-12-37-20-5-3-2-4-13(20)6-15(16)17/h2-5,8,11,21,29,34H,6-7,9-10,12H2,1H3/t21-/m0/s1. The lowest BCUT2D eigenvalue weighted by atomic mass is 9.89. The zero-order chi connectivity index (χ0) is 26.0. The number of aliphatic hydroxyl groups excluding tert-OH is 1. The first-order valence-electron chi connectivity index (χ1n) is 11.7. The Bertz CT molecular complexity index is 1460. The molecule has 8 nitrogen and oxygen atoms in total. The van der Waals surface area contributed by atoms with Crippen LogP contribution in [0.3, 0.4) is 0 Å². The molecule has 1 atom stereocenters. The third-order valence-electron chi connectivity index (χ3n) is 7.22. The summed E-state index contributed by atoms with van der Waals surface area (Å²) >= 11 is 1.41. The van der Waals surface area contributed by atoms with E-state index in [1.165, 1.54) is 26.6 Å². The van der Waals surface area contributed by atoms with Crippen LogP contribution in [-0.4, -0.2) is 64.3 Å². The lowest BCUT2D eigenvalue weighted by Crippen LogP contribution is -2.69. The van der Waals surface area contributed by atoms with Crippen LogP contribution in [0.1, 0.15) is 28.7 Å². The van der Waals surface area contributed by atoms with Gasteiger partial charge in [0.15, 0.2) is 17.3 Å². The summed E-state index contributed by atoms with van der Waals surface area (Å²) in [4.78, 5) is 41.7. The van der Waals surface area contributed by atoms with Crippen molar-refractivity contribution in [3.8, 4) is 0 Å². The zero-order valence-electron chi connectivity index (χ0n) is 19.8. The maximum Gasteiger partial charge on any atom is 0.277 e.